The number of hydrogen-bond acceptors (Lipinski definition) is 6. The van der Waals surface area contributed by atoms with E-state index in [1.807, 2.05) is 19.1 Å². The number of nitrogens with one attached hydrogen (secondary N) is 2. The number of hydrogen-bond donors (Lipinski definition) is 2. The number of rotatable bonds is 7. The first kappa shape index (κ1) is 20.4. The van der Waals surface area contributed by atoms with Crippen molar-refractivity contribution in [3.8, 4) is 11.5 Å². The van der Waals surface area contributed by atoms with Crippen LogP contribution in [0.5, 0.6) is 11.5 Å². The highest BCUT2D eigenvalue weighted by Crippen LogP contribution is 2.35. The second-order valence-corrected chi connectivity index (χ2v) is 7.87. The van der Waals surface area contributed by atoms with Gasteiger partial charge in [0.25, 0.3) is 5.91 Å². The standard InChI is InChI=1S/C22H29N5O3/c1-3-29-19-12-17-11-16(2)30-20(17)13-18(19)14-25-21(28)15-26-7-9-27(10-8-26)22-23-5-4-6-24-22/h4-6,12-13,16H,3,7-11,14-15H2,1-2H3,(H,25,28)/p+1/t16-/m0/s1. The summed E-state index contributed by atoms with van der Waals surface area (Å²) in [5.41, 5.74) is 2.13. The normalized spacial score (nSPS) is 18.6. The molecule has 0 aliphatic carbocycles. The molecule has 2 aromatic rings. The molecule has 8 nitrogen and oxygen atoms in total. The number of carbonyl (C=O) groups is 1. The van der Waals surface area contributed by atoms with Gasteiger partial charge in [0.2, 0.25) is 5.95 Å². The van der Waals surface area contributed by atoms with Gasteiger partial charge in [-0.15, -0.1) is 0 Å². The smallest absolute Gasteiger partial charge is 0.275 e. The molecule has 0 saturated carbocycles. The van der Waals surface area contributed by atoms with Crippen molar-refractivity contribution in [2.24, 2.45) is 0 Å². The Hall–Kier alpha value is -2.87. The number of fused-ring (bicyclic) bond motifs is 1. The Morgan fingerprint density at radius 2 is 2.07 bits per heavy atom. The van der Waals surface area contributed by atoms with Crippen LogP contribution in [-0.4, -0.2) is 61.3 Å². The Labute approximate surface area is 177 Å². The lowest BCUT2D eigenvalue weighted by molar-refractivity contribution is -0.892. The molecule has 0 bridgehead atoms. The predicted octanol–water partition coefficient (Wildman–Crippen LogP) is 0.220. The van der Waals surface area contributed by atoms with E-state index in [1.165, 1.54) is 10.5 Å². The largest absolute Gasteiger partial charge is 0.494 e. The van der Waals surface area contributed by atoms with Crippen molar-refractivity contribution < 1.29 is 19.2 Å². The van der Waals surface area contributed by atoms with Crippen LogP contribution in [0.25, 0.3) is 0 Å². The molecule has 1 saturated heterocycles. The molecular weight excluding hydrogens is 382 g/mol. The fourth-order valence-corrected chi connectivity index (χ4v) is 4.05. The van der Waals surface area contributed by atoms with E-state index in [1.54, 1.807) is 12.4 Å². The molecule has 0 spiro atoms. The van der Waals surface area contributed by atoms with E-state index >= 15 is 0 Å². The molecule has 2 N–H and O–H groups in total. The number of quaternary nitrogens is 1. The Bertz CT molecular complexity index is 869. The molecule has 1 aromatic heterocycles. The highest BCUT2D eigenvalue weighted by Gasteiger charge is 2.25. The average molecular weight is 413 g/mol. The molecule has 0 radical (unpaired) electrons. The van der Waals surface area contributed by atoms with Gasteiger partial charge in [-0.25, -0.2) is 9.97 Å². The zero-order valence-electron chi connectivity index (χ0n) is 17.7. The average Bonchev–Trinajstić information content (AvgIpc) is 3.12. The van der Waals surface area contributed by atoms with Crippen LogP contribution in [0.2, 0.25) is 0 Å². The molecule has 1 aromatic carbocycles. The van der Waals surface area contributed by atoms with E-state index in [4.69, 9.17) is 9.47 Å². The highest BCUT2D eigenvalue weighted by atomic mass is 16.5. The van der Waals surface area contributed by atoms with Crippen molar-refractivity contribution >= 4 is 11.9 Å². The molecule has 2 aliphatic heterocycles. The van der Waals surface area contributed by atoms with E-state index in [9.17, 15) is 4.79 Å². The minimum atomic E-state index is 0.0478. The number of piperazine rings is 1. The maximum atomic E-state index is 12.5. The first-order chi connectivity index (χ1) is 14.6. The molecule has 0 unspecified atom stereocenters. The second-order valence-electron chi connectivity index (χ2n) is 7.87. The Balaban J connectivity index is 1.29. The molecule has 1 fully saturated rings. The van der Waals surface area contributed by atoms with E-state index < -0.39 is 0 Å². The van der Waals surface area contributed by atoms with Crippen molar-refractivity contribution in [2.75, 3.05) is 44.2 Å². The molecule has 8 heteroatoms. The molecule has 2 aliphatic rings. The van der Waals surface area contributed by atoms with Crippen molar-refractivity contribution in [3.63, 3.8) is 0 Å². The summed E-state index contributed by atoms with van der Waals surface area (Å²) in [4.78, 5) is 24.6. The summed E-state index contributed by atoms with van der Waals surface area (Å²) in [5, 5.41) is 3.06. The third kappa shape index (κ3) is 4.81. The summed E-state index contributed by atoms with van der Waals surface area (Å²) in [7, 11) is 0. The first-order valence-electron chi connectivity index (χ1n) is 10.7. The summed E-state index contributed by atoms with van der Waals surface area (Å²) in [5.74, 6) is 2.54. The number of anilines is 1. The maximum absolute atomic E-state index is 12.5. The SMILES string of the molecule is CCOc1cc2c(cc1CNC(=O)C[NH+]1CCN(c3ncccn3)CC1)O[C@@H](C)C2. The summed E-state index contributed by atoms with van der Waals surface area (Å²) < 4.78 is 11.7. The Morgan fingerprint density at radius 3 is 2.80 bits per heavy atom. The van der Waals surface area contributed by atoms with Crippen molar-refractivity contribution in [2.45, 2.75) is 32.9 Å². The Morgan fingerprint density at radius 1 is 1.30 bits per heavy atom. The van der Waals surface area contributed by atoms with Gasteiger partial charge in [-0.2, -0.15) is 0 Å². The number of benzene rings is 1. The van der Waals surface area contributed by atoms with Crippen molar-refractivity contribution in [3.05, 3.63) is 41.7 Å². The topological polar surface area (TPSA) is 81.0 Å². The summed E-state index contributed by atoms with van der Waals surface area (Å²) in [6.45, 7) is 9.01. The Kier molecular flexibility index (Phi) is 6.32. The minimum Gasteiger partial charge on any atom is -0.494 e. The van der Waals surface area contributed by atoms with Crippen LogP contribution in [0.1, 0.15) is 25.0 Å². The van der Waals surface area contributed by atoms with Gasteiger partial charge in [-0.1, -0.05) is 0 Å². The van der Waals surface area contributed by atoms with Gasteiger partial charge in [0.15, 0.2) is 6.54 Å². The van der Waals surface area contributed by atoms with E-state index in [2.05, 4.69) is 33.2 Å². The number of aromatic nitrogens is 2. The summed E-state index contributed by atoms with van der Waals surface area (Å²) in [6.07, 6.45) is 4.60. The van der Waals surface area contributed by atoms with Gasteiger partial charge >= 0.3 is 0 Å². The maximum Gasteiger partial charge on any atom is 0.275 e. The zero-order chi connectivity index (χ0) is 20.9. The molecule has 1 amide bonds. The van der Waals surface area contributed by atoms with Crippen molar-refractivity contribution in [1.29, 1.82) is 0 Å². The lowest BCUT2D eigenvalue weighted by atomic mass is 10.1. The van der Waals surface area contributed by atoms with Gasteiger partial charge in [0, 0.05) is 36.5 Å². The van der Waals surface area contributed by atoms with Crippen LogP contribution < -0.4 is 24.6 Å². The van der Waals surface area contributed by atoms with Crippen molar-refractivity contribution in [1.82, 2.24) is 15.3 Å². The van der Waals surface area contributed by atoms with Crippen LogP contribution in [0.4, 0.5) is 5.95 Å². The summed E-state index contributed by atoms with van der Waals surface area (Å²) >= 11 is 0. The lowest BCUT2D eigenvalue weighted by Gasteiger charge is -2.31. The van der Waals surface area contributed by atoms with Gasteiger partial charge < -0.3 is 24.6 Å². The third-order valence-electron chi connectivity index (χ3n) is 5.57. The van der Waals surface area contributed by atoms with Crippen LogP contribution in [0.15, 0.2) is 30.6 Å². The molecular formula is C22H30N5O3+. The quantitative estimate of drug-likeness (QED) is 0.677. The number of amides is 1. The van der Waals surface area contributed by atoms with Crippen LogP contribution >= 0.6 is 0 Å². The van der Waals surface area contributed by atoms with Gasteiger partial charge in [-0.05, 0) is 32.0 Å². The lowest BCUT2D eigenvalue weighted by Crippen LogP contribution is -3.16. The highest BCUT2D eigenvalue weighted by molar-refractivity contribution is 5.77. The molecule has 30 heavy (non-hydrogen) atoms. The zero-order valence-corrected chi connectivity index (χ0v) is 17.7. The number of carbonyl (C=O) groups excluding carboxylic acids is 1. The molecule has 3 heterocycles. The minimum absolute atomic E-state index is 0.0478. The van der Waals surface area contributed by atoms with Crippen LogP contribution in [-0.2, 0) is 17.8 Å². The van der Waals surface area contributed by atoms with E-state index in [-0.39, 0.29) is 12.0 Å². The fraction of sp³-hybridized carbons (Fsp3) is 0.500. The fourth-order valence-electron chi connectivity index (χ4n) is 4.05. The second kappa shape index (κ2) is 9.30. The number of ether oxygens (including phenoxy) is 2. The van der Waals surface area contributed by atoms with Crippen LogP contribution in [0.3, 0.4) is 0 Å². The van der Waals surface area contributed by atoms with E-state index in [0.717, 1.165) is 55.6 Å². The van der Waals surface area contributed by atoms with E-state index in [0.29, 0.717) is 19.7 Å². The van der Waals surface area contributed by atoms with Gasteiger partial charge in [0.05, 0.1) is 32.8 Å². The van der Waals surface area contributed by atoms with Gasteiger partial charge in [-0.3, -0.25) is 4.79 Å². The molecule has 160 valence electrons. The van der Waals surface area contributed by atoms with Gasteiger partial charge in [0.1, 0.15) is 17.6 Å². The summed E-state index contributed by atoms with van der Waals surface area (Å²) in [6, 6.07) is 5.88. The predicted molar refractivity (Wildman–Crippen MR) is 113 cm³/mol. The molecule has 4 rings (SSSR count). The third-order valence-corrected chi connectivity index (χ3v) is 5.57. The molecule has 1 atom stereocenters. The first-order valence-corrected chi connectivity index (χ1v) is 10.7. The monoisotopic (exact) mass is 412 g/mol. The van der Waals surface area contributed by atoms with Crippen LogP contribution in [0, 0.1) is 0 Å². The number of nitrogens with zero attached hydrogens (tertiary/aromatic N) is 3.